The van der Waals surface area contributed by atoms with E-state index in [2.05, 4.69) is 10.4 Å². The number of hydrogen-bond acceptors (Lipinski definition) is 7. The summed E-state index contributed by atoms with van der Waals surface area (Å²) in [5.74, 6) is -0.756. The van der Waals surface area contributed by atoms with Crippen molar-refractivity contribution in [3.8, 4) is 5.75 Å². The van der Waals surface area contributed by atoms with Crippen LogP contribution < -0.4 is 10.1 Å². The smallest absolute Gasteiger partial charge is 0.328 e. The molecule has 0 unspecified atom stereocenters. The molecule has 0 radical (unpaired) electrons. The van der Waals surface area contributed by atoms with Gasteiger partial charge in [0.05, 0.1) is 17.2 Å². The van der Waals surface area contributed by atoms with Crippen LogP contribution in [-0.4, -0.2) is 39.8 Å². The van der Waals surface area contributed by atoms with Crippen molar-refractivity contribution in [2.45, 2.75) is 27.3 Å². The van der Waals surface area contributed by atoms with Gasteiger partial charge in [0.1, 0.15) is 23.7 Å². The molecule has 1 aromatic heterocycles. The fraction of sp³-hybridized carbons (Fsp3) is 0.353. The molecule has 1 aromatic carbocycles. The molecule has 2 rings (SSSR count). The number of benzene rings is 1. The molecule has 1 amide bonds. The van der Waals surface area contributed by atoms with E-state index in [9.17, 15) is 19.7 Å². The van der Waals surface area contributed by atoms with E-state index in [1.807, 2.05) is 6.92 Å². The van der Waals surface area contributed by atoms with Gasteiger partial charge in [0.2, 0.25) is 0 Å². The molecule has 1 heterocycles. The maximum atomic E-state index is 12.0. The van der Waals surface area contributed by atoms with Crippen LogP contribution >= 0.6 is 0 Å². The molecule has 1 N–H and O–H groups in total. The molecule has 10 nitrogen and oxygen atoms in total. The molecule has 0 aliphatic carbocycles. The van der Waals surface area contributed by atoms with Crippen LogP contribution in [0.1, 0.15) is 18.3 Å². The lowest BCUT2D eigenvalue weighted by Crippen LogP contribution is -2.23. The number of aromatic nitrogens is 2. The fourth-order valence-electron chi connectivity index (χ4n) is 2.46. The lowest BCUT2D eigenvalue weighted by molar-refractivity contribution is -0.386. The van der Waals surface area contributed by atoms with Crippen LogP contribution in [0.25, 0.3) is 0 Å². The fourth-order valence-corrected chi connectivity index (χ4v) is 2.46. The highest BCUT2D eigenvalue weighted by molar-refractivity contribution is 5.94. The molecule has 2 aromatic rings. The Morgan fingerprint density at radius 2 is 2.00 bits per heavy atom. The number of carbonyl (C=O) groups is 2. The Bertz CT molecular complexity index is 861. The first-order chi connectivity index (χ1) is 12.8. The van der Waals surface area contributed by atoms with Gasteiger partial charge in [0.25, 0.3) is 5.91 Å². The van der Waals surface area contributed by atoms with Crippen molar-refractivity contribution in [1.29, 1.82) is 0 Å². The van der Waals surface area contributed by atoms with E-state index in [0.29, 0.717) is 18.0 Å². The summed E-state index contributed by atoms with van der Waals surface area (Å²) in [5.41, 5.74) is 0.766. The third-order valence-electron chi connectivity index (χ3n) is 3.63. The number of nitrogens with zero attached hydrogens (tertiary/aromatic N) is 3. The molecule has 0 aliphatic rings. The number of para-hydroxylation sites is 2. The average Bonchev–Trinajstić information content (AvgIpc) is 2.88. The monoisotopic (exact) mass is 376 g/mol. The first kappa shape index (κ1) is 19.9. The van der Waals surface area contributed by atoms with Gasteiger partial charge in [0.15, 0.2) is 6.61 Å². The van der Waals surface area contributed by atoms with Crippen LogP contribution in [0.15, 0.2) is 24.3 Å². The molecule has 0 spiro atoms. The van der Waals surface area contributed by atoms with Crippen LogP contribution in [0.3, 0.4) is 0 Å². The Balaban J connectivity index is 1.92. The van der Waals surface area contributed by atoms with Gasteiger partial charge in [-0.3, -0.25) is 24.4 Å². The molecule has 0 aliphatic heterocycles. The molecular formula is C17H20N4O6. The second-order valence-electron chi connectivity index (χ2n) is 5.57. The van der Waals surface area contributed by atoms with Crippen molar-refractivity contribution >= 4 is 23.3 Å². The van der Waals surface area contributed by atoms with E-state index in [-0.39, 0.29) is 23.6 Å². The van der Waals surface area contributed by atoms with Crippen molar-refractivity contribution in [2.24, 2.45) is 0 Å². The number of amides is 1. The largest absolute Gasteiger partial charge is 0.492 e. The number of esters is 1. The predicted octanol–water partition coefficient (Wildman–Crippen LogP) is 1.99. The highest BCUT2D eigenvalue weighted by Gasteiger charge is 2.23. The van der Waals surface area contributed by atoms with Gasteiger partial charge >= 0.3 is 11.7 Å². The van der Waals surface area contributed by atoms with Gasteiger partial charge in [-0.15, -0.1) is 0 Å². The molecule has 0 bridgehead atoms. The maximum Gasteiger partial charge on any atom is 0.328 e. The molecule has 10 heteroatoms. The summed E-state index contributed by atoms with van der Waals surface area (Å²) in [4.78, 5) is 34.3. The van der Waals surface area contributed by atoms with E-state index in [1.165, 1.54) is 18.5 Å². The number of aryl methyl sites for hydroxylation is 1. The summed E-state index contributed by atoms with van der Waals surface area (Å²) in [6, 6.07) is 6.88. The SMILES string of the molecule is CCOc1ccccc1NC(=O)COC(=O)Cn1nc(C)c([N+](=O)[O-])c1C. The highest BCUT2D eigenvalue weighted by atomic mass is 16.6. The molecule has 0 fully saturated rings. The lowest BCUT2D eigenvalue weighted by atomic mass is 10.3. The topological polar surface area (TPSA) is 126 Å². The van der Waals surface area contributed by atoms with Crippen LogP contribution in [0.2, 0.25) is 0 Å². The molecule has 27 heavy (non-hydrogen) atoms. The quantitative estimate of drug-likeness (QED) is 0.424. The first-order valence-electron chi connectivity index (χ1n) is 8.19. The van der Waals surface area contributed by atoms with Crippen LogP contribution in [0.4, 0.5) is 11.4 Å². The number of anilines is 1. The van der Waals surface area contributed by atoms with Gasteiger partial charge in [-0.2, -0.15) is 5.10 Å². The van der Waals surface area contributed by atoms with E-state index in [4.69, 9.17) is 9.47 Å². The summed E-state index contributed by atoms with van der Waals surface area (Å²) in [7, 11) is 0. The summed E-state index contributed by atoms with van der Waals surface area (Å²) >= 11 is 0. The van der Waals surface area contributed by atoms with Gasteiger partial charge < -0.3 is 14.8 Å². The van der Waals surface area contributed by atoms with Crippen molar-refractivity contribution in [2.75, 3.05) is 18.5 Å². The minimum atomic E-state index is -0.733. The van der Waals surface area contributed by atoms with E-state index in [1.54, 1.807) is 24.3 Å². The van der Waals surface area contributed by atoms with Crippen LogP contribution in [-0.2, 0) is 20.9 Å². The van der Waals surface area contributed by atoms with Gasteiger partial charge in [-0.1, -0.05) is 12.1 Å². The van der Waals surface area contributed by atoms with Gasteiger partial charge in [-0.05, 0) is 32.9 Å². The van der Waals surface area contributed by atoms with Crippen molar-refractivity contribution in [3.05, 3.63) is 45.8 Å². The maximum absolute atomic E-state index is 12.0. The number of hydrogen-bond donors (Lipinski definition) is 1. The number of rotatable bonds is 8. The van der Waals surface area contributed by atoms with E-state index in [0.717, 1.165) is 0 Å². The number of ether oxygens (including phenoxy) is 2. The Hall–Kier alpha value is -3.43. The number of nitrogens with one attached hydrogen (secondary N) is 1. The summed E-state index contributed by atoms with van der Waals surface area (Å²) in [6.45, 7) is 4.41. The Kier molecular flexibility index (Phi) is 6.47. The summed E-state index contributed by atoms with van der Waals surface area (Å²) in [5, 5.41) is 17.5. The lowest BCUT2D eigenvalue weighted by Gasteiger charge is -2.11. The third-order valence-corrected chi connectivity index (χ3v) is 3.63. The summed E-state index contributed by atoms with van der Waals surface area (Å²) in [6.07, 6.45) is 0. The van der Waals surface area contributed by atoms with Gasteiger partial charge in [0, 0.05) is 0 Å². The second-order valence-corrected chi connectivity index (χ2v) is 5.57. The average molecular weight is 376 g/mol. The zero-order valence-electron chi connectivity index (χ0n) is 15.2. The second kappa shape index (κ2) is 8.79. The summed E-state index contributed by atoms with van der Waals surface area (Å²) < 4.78 is 11.5. The molecule has 144 valence electrons. The van der Waals surface area contributed by atoms with Crippen molar-refractivity contribution in [3.63, 3.8) is 0 Å². The standard InChI is InChI=1S/C17H20N4O6/c1-4-26-14-8-6-5-7-13(14)18-15(22)10-27-16(23)9-20-12(3)17(21(24)25)11(2)19-20/h5-8H,4,9-10H2,1-3H3,(H,18,22). The number of carbonyl (C=O) groups excluding carboxylic acids is 2. The number of nitro groups is 1. The van der Waals surface area contributed by atoms with E-state index >= 15 is 0 Å². The molecule has 0 atom stereocenters. The Morgan fingerprint density at radius 3 is 2.63 bits per heavy atom. The molecular weight excluding hydrogens is 356 g/mol. The van der Waals surface area contributed by atoms with Crippen LogP contribution in [0.5, 0.6) is 5.75 Å². The molecule has 0 saturated heterocycles. The van der Waals surface area contributed by atoms with E-state index < -0.39 is 23.4 Å². The van der Waals surface area contributed by atoms with Crippen molar-refractivity contribution < 1.29 is 24.0 Å². The minimum absolute atomic E-state index is 0.145. The normalized spacial score (nSPS) is 10.3. The Morgan fingerprint density at radius 1 is 1.30 bits per heavy atom. The predicted molar refractivity (Wildman–Crippen MR) is 95.6 cm³/mol. The zero-order chi connectivity index (χ0) is 20.0. The minimum Gasteiger partial charge on any atom is -0.492 e. The third kappa shape index (κ3) is 5.03. The Labute approximate surface area is 155 Å². The molecule has 0 saturated carbocycles. The highest BCUT2D eigenvalue weighted by Crippen LogP contribution is 2.23. The van der Waals surface area contributed by atoms with Crippen LogP contribution in [0, 0.1) is 24.0 Å². The first-order valence-corrected chi connectivity index (χ1v) is 8.19. The zero-order valence-corrected chi connectivity index (χ0v) is 15.2. The van der Waals surface area contributed by atoms with Crippen molar-refractivity contribution in [1.82, 2.24) is 9.78 Å². The van der Waals surface area contributed by atoms with Gasteiger partial charge in [-0.25, -0.2) is 0 Å².